The molecule has 0 bridgehead atoms. The maximum Gasteiger partial charge on any atom is 0.472 e. The first-order valence-electron chi connectivity index (χ1n) is 35.8. The molecular formula is C73H128O17P2. The Morgan fingerprint density at radius 1 is 0.326 bits per heavy atom. The highest BCUT2D eigenvalue weighted by Crippen LogP contribution is 2.45. The number of unbranched alkanes of at least 4 members (excludes halogenated alkanes) is 28. The van der Waals surface area contributed by atoms with Crippen LogP contribution in [-0.4, -0.2) is 96.7 Å². The Morgan fingerprint density at radius 2 is 0.609 bits per heavy atom. The molecule has 0 heterocycles. The van der Waals surface area contributed by atoms with Crippen LogP contribution in [0.4, 0.5) is 0 Å². The molecule has 0 amide bonds. The van der Waals surface area contributed by atoms with E-state index < -0.39 is 97.5 Å². The van der Waals surface area contributed by atoms with Gasteiger partial charge in [0.2, 0.25) is 0 Å². The molecule has 0 rings (SSSR count). The zero-order valence-electron chi connectivity index (χ0n) is 57.7. The second-order valence-electron chi connectivity index (χ2n) is 23.8. The normalized spacial score (nSPS) is 14.6. The minimum atomic E-state index is -4.98. The molecule has 19 heteroatoms. The van der Waals surface area contributed by atoms with E-state index in [2.05, 4.69) is 88.5 Å². The molecule has 0 aliphatic rings. The Morgan fingerprint density at radius 3 is 0.989 bits per heavy atom. The zero-order chi connectivity index (χ0) is 67.5. The number of hydrogen-bond acceptors (Lipinski definition) is 15. The van der Waals surface area contributed by atoms with Crippen LogP contribution >= 0.6 is 15.6 Å². The van der Waals surface area contributed by atoms with Gasteiger partial charge in [0.15, 0.2) is 12.2 Å². The number of carbonyl (C=O) groups is 4. The van der Waals surface area contributed by atoms with Crippen LogP contribution in [0.25, 0.3) is 0 Å². The number of allylic oxidation sites excluding steroid dienone is 13. The van der Waals surface area contributed by atoms with Crippen molar-refractivity contribution in [3.05, 3.63) is 85.1 Å². The summed E-state index contributed by atoms with van der Waals surface area (Å²) in [7, 11) is -9.95. The lowest BCUT2D eigenvalue weighted by Crippen LogP contribution is -2.30. The molecule has 0 aromatic heterocycles. The first-order valence-corrected chi connectivity index (χ1v) is 38.8. The second kappa shape index (κ2) is 65.9. The van der Waals surface area contributed by atoms with Crippen molar-refractivity contribution in [3.63, 3.8) is 0 Å². The van der Waals surface area contributed by atoms with Gasteiger partial charge in [-0.25, -0.2) is 9.13 Å². The molecule has 0 aliphatic carbocycles. The minimum Gasteiger partial charge on any atom is -0.462 e. The molecule has 5 atom stereocenters. The molecule has 92 heavy (non-hydrogen) atoms. The molecule has 0 saturated heterocycles. The highest BCUT2D eigenvalue weighted by Gasteiger charge is 2.30. The number of rotatable bonds is 67. The standard InChI is InChI=1S/C73H128O17P2/c1-5-9-13-17-21-25-29-31-33-35-39-41-45-49-53-57-70(75)83-63-68(89-72(77)59-55-51-47-43-37-27-23-19-15-11-7-3)65-87-91(79,80)85-61-67(74)62-86-92(81,82)88-66-69(90-73(78)60-56-52-48-44-38-28-24-20-16-12-8-4)64-84-71(76)58-54-50-46-42-40-36-34-32-30-26-22-18-14-10-6-2/h9,13,21-22,25-26,31-34,39,41,49,53,67-69,74H,5-8,10-12,14-20,23-24,27-30,35-38,40,42-48,50-52,54-66H2,1-4H3,(H,79,80)(H,81,82)/b13-9-,25-21-,26-22-,33-31-,34-32-,41-39-,53-49-. The van der Waals surface area contributed by atoms with Crippen LogP contribution in [0.3, 0.4) is 0 Å². The SMILES string of the molecule is CC/C=C\C/C=C\C/C=C\C/C=C\C/C=C\CC(=O)OCC(COP(=O)(O)OCC(O)COP(=O)(O)OCC(COC(=O)CCCCCCC/C=C\C/C=C\CCCCC)OC(=O)CCCCCCCCCCCCC)OC(=O)CCCCCCCCCCCCC. The van der Waals surface area contributed by atoms with E-state index in [1.807, 2.05) is 18.2 Å². The third-order valence-corrected chi connectivity index (χ3v) is 16.8. The fraction of sp³-hybridized carbons (Fsp3) is 0.753. The molecule has 0 aromatic rings. The average Bonchev–Trinajstić information content (AvgIpc) is 2.55. The predicted octanol–water partition coefficient (Wildman–Crippen LogP) is 19.9. The molecule has 0 fully saturated rings. The highest BCUT2D eigenvalue weighted by atomic mass is 31.2. The Balaban J connectivity index is 5.36. The van der Waals surface area contributed by atoms with Crippen LogP contribution in [0, 0.1) is 0 Å². The van der Waals surface area contributed by atoms with Gasteiger partial charge in [-0.15, -0.1) is 0 Å². The molecule has 5 unspecified atom stereocenters. The number of phosphoric acid groups is 2. The largest absolute Gasteiger partial charge is 0.472 e. The molecule has 0 aromatic carbocycles. The molecule has 3 N–H and O–H groups in total. The van der Waals surface area contributed by atoms with Gasteiger partial charge in [0, 0.05) is 19.3 Å². The van der Waals surface area contributed by atoms with E-state index in [9.17, 15) is 43.2 Å². The van der Waals surface area contributed by atoms with Crippen LogP contribution in [0.5, 0.6) is 0 Å². The summed E-state index contributed by atoms with van der Waals surface area (Å²) >= 11 is 0. The lowest BCUT2D eigenvalue weighted by atomic mass is 10.1. The Kier molecular flexibility index (Phi) is 63.2. The lowest BCUT2D eigenvalue weighted by Gasteiger charge is -2.21. The third-order valence-electron chi connectivity index (χ3n) is 14.9. The Labute approximate surface area is 557 Å². The molecule has 0 aliphatic heterocycles. The fourth-order valence-electron chi connectivity index (χ4n) is 9.44. The van der Waals surface area contributed by atoms with Crippen molar-refractivity contribution in [1.82, 2.24) is 0 Å². The fourth-order valence-corrected chi connectivity index (χ4v) is 11.0. The van der Waals surface area contributed by atoms with Crippen molar-refractivity contribution in [2.75, 3.05) is 39.6 Å². The minimum absolute atomic E-state index is 0.0680. The van der Waals surface area contributed by atoms with Gasteiger partial charge in [-0.3, -0.25) is 37.3 Å². The second-order valence-corrected chi connectivity index (χ2v) is 26.7. The van der Waals surface area contributed by atoms with Crippen LogP contribution in [0.2, 0.25) is 0 Å². The quantitative estimate of drug-likeness (QED) is 0.0169. The smallest absolute Gasteiger partial charge is 0.462 e. The summed E-state index contributed by atoms with van der Waals surface area (Å²) in [6, 6.07) is 0. The van der Waals surface area contributed by atoms with Gasteiger partial charge in [-0.05, 0) is 83.5 Å². The van der Waals surface area contributed by atoms with E-state index in [4.69, 9.17) is 37.0 Å². The number of carbonyl (C=O) groups excluding carboxylic acids is 4. The summed E-state index contributed by atoms with van der Waals surface area (Å²) in [6.45, 7) is 4.59. The van der Waals surface area contributed by atoms with Gasteiger partial charge in [-0.1, -0.05) is 273 Å². The summed E-state index contributed by atoms with van der Waals surface area (Å²) in [5.41, 5.74) is 0. The predicted molar refractivity (Wildman–Crippen MR) is 372 cm³/mol. The molecule has 0 spiro atoms. The van der Waals surface area contributed by atoms with Gasteiger partial charge >= 0.3 is 39.5 Å². The monoisotopic (exact) mass is 1340 g/mol. The van der Waals surface area contributed by atoms with Crippen LogP contribution in [0.15, 0.2) is 85.1 Å². The Hall–Kier alpha value is -3.76. The number of hydrogen-bond donors (Lipinski definition) is 3. The average molecular weight is 1340 g/mol. The van der Waals surface area contributed by atoms with Crippen LogP contribution in [0.1, 0.15) is 297 Å². The highest BCUT2D eigenvalue weighted by molar-refractivity contribution is 7.47. The zero-order valence-corrected chi connectivity index (χ0v) is 59.5. The molecule has 0 saturated carbocycles. The van der Waals surface area contributed by atoms with Crippen molar-refractivity contribution < 1.29 is 80.2 Å². The van der Waals surface area contributed by atoms with E-state index >= 15 is 0 Å². The van der Waals surface area contributed by atoms with Crippen molar-refractivity contribution >= 4 is 39.5 Å². The summed E-state index contributed by atoms with van der Waals surface area (Å²) < 4.78 is 68.1. The molecular weight excluding hydrogens is 1210 g/mol. The number of ether oxygens (including phenoxy) is 4. The van der Waals surface area contributed by atoms with Crippen molar-refractivity contribution in [1.29, 1.82) is 0 Å². The van der Waals surface area contributed by atoms with E-state index in [-0.39, 0.29) is 25.7 Å². The number of esters is 4. The number of aliphatic hydroxyl groups excluding tert-OH is 1. The van der Waals surface area contributed by atoms with Gasteiger partial charge in [0.25, 0.3) is 0 Å². The summed E-state index contributed by atoms with van der Waals surface area (Å²) in [4.78, 5) is 72.5. The van der Waals surface area contributed by atoms with Gasteiger partial charge in [0.1, 0.15) is 19.3 Å². The van der Waals surface area contributed by atoms with Crippen LogP contribution < -0.4 is 0 Å². The van der Waals surface area contributed by atoms with Crippen LogP contribution in [-0.2, 0) is 65.4 Å². The third kappa shape index (κ3) is 64.9. The van der Waals surface area contributed by atoms with Crippen molar-refractivity contribution in [3.8, 4) is 0 Å². The number of aliphatic hydroxyl groups is 1. The molecule has 532 valence electrons. The van der Waals surface area contributed by atoms with E-state index in [0.29, 0.717) is 25.7 Å². The summed E-state index contributed by atoms with van der Waals surface area (Å²) in [5, 5.41) is 10.6. The number of phosphoric ester groups is 2. The van der Waals surface area contributed by atoms with Gasteiger partial charge < -0.3 is 33.8 Å². The van der Waals surface area contributed by atoms with E-state index in [1.54, 1.807) is 6.08 Å². The maximum absolute atomic E-state index is 13.0. The maximum atomic E-state index is 13.0. The lowest BCUT2D eigenvalue weighted by molar-refractivity contribution is -0.161. The molecule has 0 radical (unpaired) electrons. The topological polar surface area (TPSA) is 237 Å². The summed E-state index contributed by atoms with van der Waals surface area (Å²) in [6.07, 6.45) is 64.8. The first kappa shape index (κ1) is 88.2. The Bertz CT molecular complexity index is 2090. The van der Waals surface area contributed by atoms with E-state index in [0.717, 1.165) is 122 Å². The summed E-state index contributed by atoms with van der Waals surface area (Å²) in [5.74, 6) is -2.32. The van der Waals surface area contributed by atoms with Crippen molar-refractivity contribution in [2.24, 2.45) is 0 Å². The van der Waals surface area contributed by atoms with Gasteiger partial charge in [-0.2, -0.15) is 0 Å². The van der Waals surface area contributed by atoms with Gasteiger partial charge in [0.05, 0.1) is 32.8 Å². The van der Waals surface area contributed by atoms with Crippen molar-refractivity contribution in [2.45, 2.75) is 316 Å². The first-order chi connectivity index (χ1) is 44.7. The van der Waals surface area contributed by atoms with E-state index in [1.165, 1.54) is 96.3 Å². The molecule has 17 nitrogen and oxygen atoms in total.